The zero-order valence-corrected chi connectivity index (χ0v) is 11.3. The Morgan fingerprint density at radius 2 is 2.32 bits per heavy atom. The molecule has 0 aromatic heterocycles. The van der Waals surface area contributed by atoms with Crippen LogP contribution in [-0.4, -0.2) is 36.0 Å². The van der Waals surface area contributed by atoms with Crippen LogP contribution in [0.15, 0.2) is 18.2 Å². The minimum absolute atomic E-state index is 0.120. The van der Waals surface area contributed by atoms with Crippen molar-refractivity contribution in [3.8, 4) is 5.75 Å². The Morgan fingerprint density at radius 1 is 1.47 bits per heavy atom. The largest absolute Gasteiger partial charge is 0.493 e. The highest BCUT2D eigenvalue weighted by molar-refractivity contribution is 5.95. The summed E-state index contributed by atoms with van der Waals surface area (Å²) in [6, 6.07) is 6.21. The highest BCUT2D eigenvalue weighted by Gasteiger charge is 2.28. The molecule has 19 heavy (non-hydrogen) atoms. The minimum atomic E-state index is 0.120. The zero-order valence-electron chi connectivity index (χ0n) is 11.3. The summed E-state index contributed by atoms with van der Waals surface area (Å²) in [6.45, 7) is 3.56. The number of fused-ring (bicyclic) bond motifs is 1. The van der Waals surface area contributed by atoms with Crippen molar-refractivity contribution >= 4 is 5.91 Å². The summed E-state index contributed by atoms with van der Waals surface area (Å²) in [4.78, 5) is 14.5. The van der Waals surface area contributed by atoms with Crippen LogP contribution in [0.3, 0.4) is 0 Å². The van der Waals surface area contributed by atoms with Gasteiger partial charge in [0.1, 0.15) is 5.75 Å². The van der Waals surface area contributed by atoms with Gasteiger partial charge in [0.05, 0.1) is 6.61 Å². The third-order valence-electron chi connectivity index (χ3n) is 4.11. The predicted molar refractivity (Wildman–Crippen MR) is 73.3 cm³/mol. The van der Waals surface area contributed by atoms with E-state index in [1.54, 1.807) is 0 Å². The van der Waals surface area contributed by atoms with Gasteiger partial charge >= 0.3 is 0 Å². The summed E-state index contributed by atoms with van der Waals surface area (Å²) in [6.07, 6.45) is 2.68. The summed E-state index contributed by atoms with van der Waals surface area (Å²) in [5, 5.41) is 0. The first-order chi connectivity index (χ1) is 9.15. The molecule has 0 unspecified atom stereocenters. The topological polar surface area (TPSA) is 55.6 Å². The van der Waals surface area contributed by atoms with Crippen LogP contribution in [0.2, 0.25) is 0 Å². The maximum absolute atomic E-state index is 12.6. The predicted octanol–water partition coefficient (Wildman–Crippen LogP) is 1.57. The SMILES string of the molecule is C[C@@H]1C[C@H](N)CCN1C(=O)c1ccc2c(c1)CCO2. The molecule has 3 rings (SSSR count). The molecule has 0 bridgehead atoms. The Labute approximate surface area is 113 Å². The van der Waals surface area contributed by atoms with Crippen molar-refractivity contribution < 1.29 is 9.53 Å². The molecule has 0 radical (unpaired) electrons. The Bertz CT molecular complexity index is 501. The molecule has 4 nitrogen and oxygen atoms in total. The minimum Gasteiger partial charge on any atom is -0.493 e. The van der Waals surface area contributed by atoms with Crippen LogP contribution < -0.4 is 10.5 Å². The second-order valence-corrected chi connectivity index (χ2v) is 5.55. The van der Waals surface area contributed by atoms with Crippen molar-refractivity contribution in [3.63, 3.8) is 0 Å². The molecular weight excluding hydrogens is 240 g/mol. The van der Waals surface area contributed by atoms with Crippen LogP contribution in [0.4, 0.5) is 0 Å². The van der Waals surface area contributed by atoms with E-state index in [2.05, 4.69) is 6.92 Å². The van der Waals surface area contributed by atoms with Crippen LogP contribution in [0, 0.1) is 0 Å². The Kier molecular flexibility index (Phi) is 3.19. The first-order valence-electron chi connectivity index (χ1n) is 6.97. The van der Waals surface area contributed by atoms with E-state index in [9.17, 15) is 4.79 Å². The van der Waals surface area contributed by atoms with E-state index in [0.29, 0.717) is 0 Å². The monoisotopic (exact) mass is 260 g/mol. The first kappa shape index (κ1) is 12.5. The van der Waals surface area contributed by atoms with Crippen LogP contribution in [0.25, 0.3) is 0 Å². The van der Waals surface area contributed by atoms with Crippen LogP contribution in [-0.2, 0) is 6.42 Å². The molecule has 1 amide bonds. The van der Waals surface area contributed by atoms with Gasteiger partial charge in [-0.2, -0.15) is 0 Å². The molecule has 102 valence electrons. The van der Waals surface area contributed by atoms with Crippen molar-refractivity contribution in [1.29, 1.82) is 0 Å². The fourth-order valence-corrected chi connectivity index (χ4v) is 3.00. The number of benzene rings is 1. The Balaban J connectivity index is 1.80. The number of nitrogens with zero attached hydrogens (tertiary/aromatic N) is 1. The molecule has 1 aromatic rings. The van der Waals surface area contributed by atoms with Gasteiger partial charge in [0.25, 0.3) is 5.91 Å². The number of ether oxygens (including phenoxy) is 1. The standard InChI is InChI=1S/C15H20N2O2/c1-10-8-13(16)4-6-17(10)15(18)12-2-3-14-11(9-12)5-7-19-14/h2-3,9-10,13H,4-8,16H2,1H3/t10-,13-/m1/s1. The molecule has 2 aliphatic heterocycles. The maximum atomic E-state index is 12.6. The third-order valence-corrected chi connectivity index (χ3v) is 4.11. The molecule has 2 atom stereocenters. The van der Waals surface area contributed by atoms with Gasteiger partial charge in [0.15, 0.2) is 0 Å². The fourth-order valence-electron chi connectivity index (χ4n) is 3.00. The molecule has 2 aliphatic rings. The lowest BCUT2D eigenvalue weighted by Gasteiger charge is -2.36. The Morgan fingerprint density at radius 3 is 3.11 bits per heavy atom. The molecule has 0 spiro atoms. The van der Waals surface area contributed by atoms with Crippen LogP contribution >= 0.6 is 0 Å². The van der Waals surface area contributed by atoms with Gasteiger partial charge in [-0.15, -0.1) is 0 Å². The maximum Gasteiger partial charge on any atom is 0.254 e. The van der Waals surface area contributed by atoms with Gasteiger partial charge in [0.2, 0.25) is 0 Å². The number of amides is 1. The summed E-state index contributed by atoms with van der Waals surface area (Å²) in [5.41, 5.74) is 7.86. The number of piperidine rings is 1. The lowest BCUT2D eigenvalue weighted by Crippen LogP contribution is -2.48. The molecule has 1 aromatic carbocycles. The lowest BCUT2D eigenvalue weighted by molar-refractivity contribution is 0.0619. The normalized spacial score (nSPS) is 25.9. The molecule has 1 saturated heterocycles. The molecule has 2 heterocycles. The molecule has 2 N–H and O–H groups in total. The van der Waals surface area contributed by atoms with E-state index < -0.39 is 0 Å². The number of carbonyl (C=O) groups is 1. The summed E-state index contributed by atoms with van der Waals surface area (Å²) in [5.74, 6) is 1.04. The lowest BCUT2D eigenvalue weighted by atomic mass is 9.97. The molecule has 1 fully saturated rings. The van der Waals surface area contributed by atoms with E-state index >= 15 is 0 Å². The van der Waals surface area contributed by atoms with Gasteiger partial charge < -0.3 is 15.4 Å². The third kappa shape index (κ3) is 2.32. The average molecular weight is 260 g/mol. The van der Waals surface area contributed by atoms with Gasteiger partial charge in [-0.05, 0) is 43.5 Å². The van der Waals surface area contributed by atoms with Crippen molar-refractivity contribution in [2.75, 3.05) is 13.2 Å². The molecule has 0 aliphatic carbocycles. The van der Waals surface area contributed by atoms with E-state index in [0.717, 1.165) is 49.3 Å². The van der Waals surface area contributed by atoms with E-state index in [1.165, 1.54) is 0 Å². The highest BCUT2D eigenvalue weighted by Crippen LogP contribution is 2.27. The number of hydrogen-bond donors (Lipinski definition) is 1. The highest BCUT2D eigenvalue weighted by atomic mass is 16.5. The number of hydrogen-bond acceptors (Lipinski definition) is 3. The number of nitrogens with two attached hydrogens (primary N) is 1. The quantitative estimate of drug-likeness (QED) is 0.834. The van der Waals surface area contributed by atoms with Gasteiger partial charge in [-0.3, -0.25) is 4.79 Å². The summed E-state index contributed by atoms with van der Waals surface area (Å²) in [7, 11) is 0. The van der Waals surface area contributed by atoms with E-state index in [-0.39, 0.29) is 18.0 Å². The molecular formula is C15H20N2O2. The van der Waals surface area contributed by atoms with Crippen LogP contribution in [0.1, 0.15) is 35.7 Å². The number of rotatable bonds is 1. The molecule has 4 heteroatoms. The van der Waals surface area contributed by atoms with Gasteiger partial charge in [-0.25, -0.2) is 0 Å². The van der Waals surface area contributed by atoms with Crippen molar-refractivity contribution in [2.24, 2.45) is 5.73 Å². The first-order valence-corrected chi connectivity index (χ1v) is 6.97. The average Bonchev–Trinajstić information content (AvgIpc) is 2.85. The smallest absolute Gasteiger partial charge is 0.254 e. The Hall–Kier alpha value is -1.55. The van der Waals surface area contributed by atoms with E-state index in [1.807, 2.05) is 23.1 Å². The fraction of sp³-hybridized carbons (Fsp3) is 0.533. The van der Waals surface area contributed by atoms with Crippen molar-refractivity contribution in [2.45, 2.75) is 38.3 Å². The number of carbonyl (C=O) groups excluding carboxylic acids is 1. The van der Waals surface area contributed by atoms with Crippen molar-refractivity contribution in [3.05, 3.63) is 29.3 Å². The van der Waals surface area contributed by atoms with Crippen LogP contribution in [0.5, 0.6) is 5.75 Å². The van der Waals surface area contributed by atoms with Crippen molar-refractivity contribution in [1.82, 2.24) is 4.90 Å². The zero-order chi connectivity index (χ0) is 13.4. The summed E-state index contributed by atoms with van der Waals surface area (Å²) >= 11 is 0. The van der Waals surface area contributed by atoms with E-state index in [4.69, 9.17) is 10.5 Å². The number of likely N-dealkylation sites (tertiary alicyclic amines) is 1. The summed E-state index contributed by atoms with van der Waals surface area (Å²) < 4.78 is 5.47. The second kappa shape index (κ2) is 4.85. The van der Waals surface area contributed by atoms with Gasteiger partial charge in [0, 0.05) is 30.6 Å². The van der Waals surface area contributed by atoms with Gasteiger partial charge in [-0.1, -0.05) is 0 Å². The second-order valence-electron chi connectivity index (χ2n) is 5.55. The molecule has 0 saturated carbocycles.